The van der Waals surface area contributed by atoms with E-state index in [0.29, 0.717) is 19.3 Å². The second kappa shape index (κ2) is 50.5. The van der Waals surface area contributed by atoms with Gasteiger partial charge in [0.2, 0.25) is 0 Å². The second-order valence-corrected chi connectivity index (χ2v) is 16.0. The zero-order valence-corrected chi connectivity index (χ0v) is 40.3. The first-order valence-corrected chi connectivity index (χ1v) is 25.0. The maximum atomic E-state index is 12.8. The van der Waals surface area contributed by atoms with Crippen molar-refractivity contribution in [2.45, 2.75) is 207 Å². The van der Waals surface area contributed by atoms with Crippen molar-refractivity contribution < 1.29 is 28.6 Å². The molecule has 63 heavy (non-hydrogen) atoms. The molecule has 0 saturated heterocycles. The number of hydrogen-bond acceptors (Lipinski definition) is 6. The van der Waals surface area contributed by atoms with E-state index in [4.69, 9.17) is 14.2 Å². The van der Waals surface area contributed by atoms with Crippen LogP contribution >= 0.6 is 0 Å². The minimum Gasteiger partial charge on any atom is -0.462 e. The quantitative estimate of drug-likeness (QED) is 0.0263. The van der Waals surface area contributed by atoms with Crippen LogP contribution in [0.25, 0.3) is 0 Å². The van der Waals surface area contributed by atoms with Crippen molar-refractivity contribution in [1.29, 1.82) is 0 Å². The molecule has 354 valence electrons. The number of ether oxygens (including phenoxy) is 3. The number of unbranched alkanes of at least 4 members (excludes halogenated alkanes) is 12. The van der Waals surface area contributed by atoms with Gasteiger partial charge in [-0.05, 0) is 96.3 Å². The Morgan fingerprint density at radius 2 is 0.651 bits per heavy atom. The first-order chi connectivity index (χ1) is 31.0. The zero-order valence-electron chi connectivity index (χ0n) is 40.3. The van der Waals surface area contributed by atoms with Gasteiger partial charge in [0.1, 0.15) is 13.2 Å². The lowest BCUT2D eigenvalue weighted by atomic mass is 10.1. The highest BCUT2D eigenvalue weighted by molar-refractivity contribution is 5.71. The molecule has 0 unspecified atom stereocenters. The molecule has 0 rings (SSSR count). The molecule has 0 aromatic rings. The van der Waals surface area contributed by atoms with E-state index < -0.39 is 6.10 Å². The Bertz CT molecular complexity index is 1370. The molecule has 0 radical (unpaired) electrons. The average Bonchev–Trinajstić information content (AvgIpc) is 3.28. The topological polar surface area (TPSA) is 78.9 Å². The largest absolute Gasteiger partial charge is 0.462 e. The smallest absolute Gasteiger partial charge is 0.306 e. The van der Waals surface area contributed by atoms with Crippen molar-refractivity contribution in [3.63, 3.8) is 0 Å². The molecule has 6 nitrogen and oxygen atoms in total. The highest BCUT2D eigenvalue weighted by atomic mass is 16.6. The predicted molar refractivity (Wildman–Crippen MR) is 269 cm³/mol. The molecule has 0 aromatic heterocycles. The van der Waals surface area contributed by atoms with Gasteiger partial charge in [-0.1, -0.05) is 206 Å². The lowest BCUT2D eigenvalue weighted by Gasteiger charge is -2.18. The molecule has 0 heterocycles. The Kier molecular flexibility index (Phi) is 47.1. The summed E-state index contributed by atoms with van der Waals surface area (Å²) in [6.45, 7) is 6.28. The summed E-state index contributed by atoms with van der Waals surface area (Å²) in [5.74, 6) is -1.06. The van der Waals surface area contributed by atoms with E-state index in [1.54, 1.807) is 0 Å². The Morgan fingerprint density at radius 1 is 0.333 bits per heavy atom. The van der Waals surface area contributed by atoms with E-state index >= 15 is 0 Å². The minimum atomic E-state index is -0.831. The lowest BCUT2D eigenvalue weighted by Crippen LogP contribution is -2.30. The van der Waals surface area contributed by atoms with E-state index in [0.717, 1.165) is 96.3 Å². The summed E-state index contributed by atoms with van der Waals surface area (Å²) in [6.07, 6.45) is 69.1. The van der Waals surface area contributed by atoms with Gasteiger partial charge in [0.25, 0.3) is 0 Å². The van der Waals surface area contributed by atoms with Crippen molar-refractivity contribution in [2.24, 2.45) is 0 Å². The molecule has 0 aliphatic carbocycles. The maximum absolute atomic E-state index is 12.8. The van der Waals surface area contributed by atoms with Gasteiger partial charge in [-0.2, -0.15) is 0 Å². The van der Waals surface area contributed by atoms with Crippen LogP contribution in [0.1, 0.15) is 201 Å². The van der Waals surface area contributed by atoms with E-state index in [1.165, 1.54) is 51.4 Å². The van der Waals surface area contributed by atoms with Crippen LogP contribution in [-0.4, -0.2) is 37.2 Å². The first-order valence-electron chi connectivity index (χ1n) is 25.0. The van der Waals surface area contributed by atoms with Crippen LogP contribution in [0.2, 0.25) is 0 Å². The second-order valence-electron chi connectivity index (χ2n) is 16.0. The standard InChI is InChI=1S/C57H90O6/c1-4-7-10-13-16-19-22-24-26-27-28-29-31-32-35-38-41-44-47-50-56(59)62-53-54(52-61-55(58)49-46-43-40-37-34-21-18-15-12-9-6-3)63-57(60)51-48-45-42-39-36-33-30-25-23-20-17-14-11-8-5-2/h7-8,10-11,16-17,19-20,24-26,28-30,32,35-36,39,41,44,54H,4-6,9,12-15,18,21-23,27,31,33-34,37-38,40,42-43,45-53H2,1-3H3/b10-7-,11-8-,19-16-,20-17-,26-24-,29-28-,30-25-,35-32-,39-36-,44-41-/t54-/m1/s1. The number of esters is 3. The summed E-state index contributed by atoms with van der Waals surface area (Å²) in [6, 6.07) is 0. The maximum Gasteiger partial charge on any atom is 0.306 e. The van der Waals surface area contributed by atoms with Crippen LogP contribution in [0.5, 0.6) is 0 Å². The van der Waals surface area contributed by atoms with Gasteiger partial charge >= 0.3 is 17.9 Å². The summed E-state index contributed by atoms with van der Waals surface area (Å²) < 4.78 is 16.7. The van der Waals surface area contributed by atoms with Crippen LogP contribution < -0.4 is 0 Å². The van der Waals surface area contributed by atoms with Crippen LogP contribution in [0.15, 0.2) is 122 Å². The SMILES string of the molecule is CC/C=C\C/C=C\C/C=C\C/C=C\C/C=C\C/C=C\CCC(=O)OC[C@@H](COC(=O)CCCCCCCCCCCCC)OC(=O)CCCC/C=C\C/C=C\C/C=C\C/C=C\CC. The van der Waals surface area contributed by atoms with Gasteiger partial charge in [0, 0.05) is 19.3 Å². The van der Waals surface area contributed by atoms with Gasteiger partial charge in [-0.15, -0.1) is 0 Å². The zero-order chi connectivity index (χ0) is 45.8. The number of carbonyl (C=O) groups is 3. The summed E-state index contributed by atoms with van der Waals surface area (Å²) in [5.41, 5.74) is 0. The fourth-order valence-electron chi connectivity index (χ4n) is 6.28. The van der Waals surface area contributed by atoms with Gasteiger partial charge in [-0.3, -0.25) is 14.4 Å². The average molecular weight is 871 g/mol. The third kappa shape index (κ3) is 48.7. The number of carbonyl (C=O) groups excluding carboxylic acids is 3. The van der Waals surface area contributed by atoms with Crippen LogP contribution in [0.4, 0.5) is 0 Å². The number of rotatable bonds is 43. The molecule has 0 aromatic carbocycles. The van der Waals surface area contributed by atoms with E-state index in [2.05, 4.69) is 130 Å². The third-order valence-electron chi connectivity index (χ3n) is 9.98. The fourth-order valence-corrected chi connectivity index (χ4v) is 6.28. The van der Waals surface area contributed by atoms with Gasteiger partial charge in [0.05, 0.1) is 0 Å². The number of hydrogen-bond donors (Lipinski definition) is 0. The lowest BCUT2D eigenvalue weighted by molar-refractivity contribution is -0.166. The molecule has 0 fully saturated rings. The molecule has 0 aliphatic heterocycles. The molecule has 0 bridgehead atoms. The van der Waals surface area contributed by atoms with Gasteiger partial charge in [0.15, 0.2) is 6.10 Å². The molecule has 0 spiro atoms. The summed E-state index contributed by atoms with van der Waals surface area (Å²) in [5, 5.41) is 0. The monoisotopic (exact) mass is 871 g/mol. The van der Waals surface area contributed by atoms with Crippen molar-refractivity contribution in [3.05, 3.63) is 122 Å². The number of allylic oxidation sites excluding steroid dienone is 20. The molecule has 0 N–H and O–H groups in total. The summed E-state index contributed by atoms with van der Waals surface area (Å²) in [7, 11) is 0. The Labute approximate surface area is 386 Å². The van der Waals surface area contributed by atoms with E-state index in [9.17, 15) is 14.4 Å². The molecule has 1 atom stereocenters. The molecule has 0 aliphatic rings. The van der Waals surface area contributed by atoms with Crippen molar-refractivity contribution in [2.75, 3.05) is 13.2 Å². The molecular weight excluding hydrogens is 781 g/mol. The highest BCUT2D eigenvalue weighted by Gasteiger charge is 2.19. The van der Waals surface area contributed by atoms with E-state index in [-0.39, 0.29) is 44.0 Å². The van der Waals surface area contributed by atoms with Crippen molar-refractivity contribution >= 4 is 17.9 Å². The predicted octanol–water partition coefficient (Wildman–Crippen LogP) is 16.5. The van der Waals surface area contributed by atoms with Gasteiger partial charge in [-0.25, -0.2) is 0 Å². The van der Waals surface area contributed by atoms with Crippen LogP contribution in [0.3, 0.4) is 0 Å². The van der Waals surface area contributed by atoms with Gasteiger partial charge < -0.3 is 14.2 Å². The Balaban J connectivity index is 4.57. The molecular formula is C57H90O6. The summed E-state index contributed by atoms with van der Waals surface area (Å²) >= 11 is 0. The van der Waals surface area contributed by atoms with Crippen LogP contribution in [-0.2, 0) is 28.6 Å². The normalized spacial score (nSPS) is 13.1. The molecule has 0 amide bonds. The minimum absolute atomic E-state index is 0.120. The van der Waals surface area contributed by atoms with E-state index in [1.807, 2.05) is 12.2 Å². The third-order valence-corrected chi connectivity index (χ3v) is 9.98. The van der Waals surface area contributed by atoms with Crippen LogP contribution in [0, 0.1) is 0 Å². The van der Waals surface area contributed by atoms with Crippen molar-refractivity contribution in [3.8, 4) is 0 Å². The highest BCUT2D eigenvalue weighted by Crippen LogP contribution is 2.13. The Morgan fingerprint density at radius 3 is 1.06 bits per heavy atom. The fraction of sp³-hybridized carbons (Fsp3) is 0.596. The van der Waals surface area contributed by atoms with Crippen molar-refractivity contribution in [1.82, 2.24) is 0 Å². The summed E-state index contributed by atoms with van der Waals surface area (Å²) in [4.78, 5) is 37.9. The Hall–Kier alpha value is -4.19. The first kappa shape index (κ1) is 58.8. The molecule has 6 heteroatoms. The molecule has 0 saturated carbocycles.